The van der Waals surface area contributed by atoms with Crippen LogP contribution < -0.4 is 0 Å². The molecule has 0 aliphatic rings. The number of rotatable bonds is 3. The molecule has 1 rings (SSSR count). The third-order valence-electron chi connectivity index (χ3n) is 1.93. The van der Waals surface area contributed by atoms with Crippen molar-refractivity contribution in [2.75, 3.05) is 7.11 Å². The van der Waals surface area contributed by atoms with E-state index in [0.717, 1.165) is 0 Å². The number of phenols is 1. The molecule has 0 saturated heterocycles. The lowest BCUT2D eigenvalue weighted by atomic mass is 10.1. The molecule has 0 spiro atoms. The van der Waals surface area contributed by atoms with Crippen molar-refractivity contribution in [2.45, 2.75) is 6.42 Å². The molecular formula is C11H11ClO3. The molecule has 0 amide bonds. The lowest BCUT2D eigenvalue weighted by Crippen LogP contribution is -2.02. The molecule has 1 aromatic carbocycles. The maximum absolute atomic E-state index is 11.2. The maximum Gasteiger partial charge on any atom is 0.337 e. The Morgan fingerprint density at radius 3 is 2.87 bits per heavy atom. The number of halogens is 1. The monoisotopic (exact) mass is 226 g/mol. The van der Waals surface area contributed by atoms with Crippen LogP contribution in [0.25, 0.3) is 0 Å². The van der Waals surface area contributed by atoms with Crippen molar-refractivity contribution in [3.05, 3.63) is 40.9 Å². The van der Waals surface area contributed by atoms with Crippen LogP contribution in [0.2, 0.25) is 5.02 Å². The molecule has 0 bridgehead atoms. The van der Waals surface area contributed by atoms with Gasteiger partial charge in [-0.05, 0) is 18.6 Å². The van der Waals surface area contributed by atoms with E-state index in [4.69, 9.17) is 11.6 Å². The van der Waals surface area contributed by atoms with Crippen LogP contribution in [0.15, 0.2) is 24.8 Å². The van der Waals surface area contributed by atoms with Gasteiger partial charge in [0.05, 0.1) is 17.7 Å². The second-order valence-corrected chi connectivity index (χ2v) is 3.36. The summed E-state index contributed by atoms with van der Waals surface area (Å²) >= 11 is 5.76. The Hall–Kier alpha value is -1.48. The van der Waals surface area contributed by atoms with E-state index in [-0.39, 0.29) is 10.8 Å². The fourth-order valence-corrected chi connectivity index (χ4v) is 1.44. The highest BCUT2D eigenvalue weighted by Crippen LogP contribution is 2.29. The zero-order valence-electron chi connectivity index (χ0n) is 8.29. The van der Waals surface area contributed by atoms with Gasteiger partial charge in [0.15, 0.2) is 0 Å². The molecule has 80 valence electrons. The number of carbonyl (C=O) groups is 1. The highest BCUT2D eigenvalue weighted by molar-refractivity contribution is 6.32. The fraction of sp³-hybridized carbons (Fsp3) is 0.182. The molecule has 0 radical (unpaired) electrons. The number of methoxy groups -OCH3 is 1. The molecule has 1 aromatic rings. The SMILES string of the molecule is C=CCc1cc(C(=O)OC)cc(Cl)c1O. The molecule has 0 saturated carbocycles. The van der Waals surface area contributed by atoms with Crippen molar-refractivity contribution in [3.8, 4) is 5.75 Å². The third kappa shape index (κ3) is 2.50. The summed E-state index contributed by atoms with van der Waals surface area (Å²) < 4.78 is 4.56. The summed E-state index contributed by atoms with van der Waals surface area (Å²) in [5.74, 6) is -0.508. The molecule has 0 aliphatic heterocycles. The Morgan fingerprint density at radius 1 is 1.67 bits per heavy atom. The number of allylic oxidation sites excluding steroid dienone is 1. The summed E-state index contributed by atoms with van der Waals surface area (Å²) in [6.45, 7) is 3.55. The van der Waals surface area contributed by atoms with Crippen LogP contribution >= 0.6 is 11.6 Å². The Bertz CT molecular complexity index is 399. The molecule has 0 unspecified atom stereocenters. The molecule has 0 atom stereocenters. The van der Waals surface area contributed by atoms with Crippen LogP contribution in [0, 0.1) is 0 Å². The predicted octanol–water partition coefficient (Wildman–Crippen LogP) is 2.56. The Kier molecular flexibility index (Phi) is 3.74. The summed E-state index contributed by atoms with van der Waals surface area (Å²) in [5, 5.41) is 9.71. The van der Waals surface area contributed by atoms with Gasteiger partial charge < -0.3 is 9.84 Å². The summed E-state index contributed by atoms with van der Waals surface area (Å²) in [6.07, 6.45) is 2.06. The Labute approximate surface area is 92.9 Å². The van der Waals surface area contributed by atoms with Gasteiger partial charge in [-0.15, -0.1) is 6.58 Å². The van der Waals surface area contributed by atoms with Gasteiger partial charge in [0.2, 0.25) is 0 Å². The van der Waals surface area contributed by atoms with Crippen LogP contribution in [0.1, 0.15) is 15.9 Å². The zero-order valence-corrected chi connectivity index (χ0v) is 9.04. The molecule has 0 aliphatic carbocycles. The van der Waals surface area contributed by atoms with Crippen LogP contribution in [0.5, 0.6) is 5.75 Å². The molecular weight excluding hydrogens is 216 g/mol. The van der Waals surface area contributed by atoms with Gasteiger partial charge in [0.25, 0.3) is 0 Å². The van der Waals surface area contributed by atoms with E-state index >= 15 is 0 Å². The largest absolute Gasteiger partial charge is 0.506 e. The zero-order chi connectivity index (χ0) is 11.4. The average Bonchev–Trinajstić information content (AvgIpc) is 2.23. The summed E-state index contributed by atoms with van der Waals surface area (Å²) in [6, 6.07) is 2.91. The van der Waals surface area contributed by atoms with E-state index in [0.29, 0.717) is 17.5 Å². The number of benzene rings is 1. The number of ether oxygens (including phenoxy) is 1. The minimum Gasteiger partial charge on any atom is -0.506 e. The van der Waals surface area contributed by atoms with Crippen molar-refractivity contribution in [1.29, 1.82) is 0 Å². The van der Waals surface area contributed by atoms with Gasteiger partial charge in [-0.1, -0.05) is 17.7 Å². The Morgan fingerprint density at radius 2 is 2.33 bits per heavy atom. The van der Waals surface area contributed by atoms with Crippen molar-refractivity contribution in [3.63, 3.8) is 0 Å². The van der Waals surface area contributed by atoms with Crippen LogP contribution in [-0.2, 0) is 11.2 Å². The normalized spacial score (nSPS) is 9.73. The lowest BCUT2D eigenvalue weighted by Gasteiger charge is -2.06. The van der Waals surface area contributed by atoms with Crippen molar-refractivity contribution in [2.24, 2.45) is 0 Å². The molecule has 15 heavy (non-hydrogen) atoms. The average molecular weight is 227 g/mol. The quantitative estimate of drug-likeness (QED) is 0.637. The van der Waals surface area contributed by atoms with Gasteiger partial charge in [-0.2, -0.15) is 0 Å². The maximum atomic E-state index is 11.2. The van der Waals surface area contributed by atoms with Crippen LogP contribution in [0.3, 0.4) is 0 Å². The van der Waals surface area contributed by atoms with Crippen LogP contribution in [0.4, 0.5) is 0 Å². The van der Waals surface area contributed by atoms with E-state index in [1.54, 1.807) is 6.08 Å². The molecule has 4 heteroatoms. The van der Waals surface area contributed by atoms with Gasteiger partial charge >= 0.3 is 5.97 Å². The second-order valence-electron chi connectivity index (χ2n) is 2.95. The second kappa shape index (κ2) is 4.84. The topological polar surface area (TPSA) is 46.5 Å². The smallest absolute Gasteiger partial charge is 0.337 e. The predicted molar refractivity (Wildman–Crippen MR) is 58.4 cm³/mol. The number of esters is 1. The highest BCUT2D eigenvalue weighted by atomic mass is 35.5. The minimum absolute atomic E-state index is 0.0239. The van der Waals surface area contributed by atoms with Crippen molar-refractivity contribution in [1.82, 2.24) is 0 Å². The molecule has 0 aromatic heterocycles. The number of hydrogen-bond acceptors (Lipinski definition) is 3. The molecule has 0 fully saturated rings. The number of carbonyl (C=O) groups excluding carboxylic acids is 1. The van der Waals surface area contributed by atoms with Crippen molar-refractivity contribution < 1.29 is 14.6 Å². The third-order valence-corrected chi connectivity index (χ3v) is 2.22. The van der Waals surface area contributed by atoms with Crippen molar-refractivity contribution >= 4 is 17.6 Å². The van der Waals surface area contributed by atoms with E-state index in [1.165, 1.54) is 19.2 Å². The van der Waals surface area contributed by atoms with Crippen LogP contribution in [-0.4, -0.2) is 18.2 Å². The summed E-state index contributed by atoms with van der Waals surface area (Å²) in [5.41, 5.74) is 0.870. The molecule has 3 nitrogen and oxygen atoms in total. The minimum atomic E-state index is -0.484. The van der Waals surface area contributed by atoms with E-state index < -0.39 is 5.97 Å². The highest BCUT2D eigenvalue weighted by Gasteiger charge is 2.12. The standard InChI is InChI=1S/C11H11ClO3/c1-3-4-7-5-8(11(14)15-2)6-9(12)10(7)13/h3,5-6,13H,1,4H2,2H3. The summed E-state index contributed by atoms with van der Waals surface area (Å²) in [7, 11) is 1.29. The lowest BCUT2D eigenvalue weighted by molar-refractivity contribution is 0.0600. The molecule has 0 heterocycles. The number of phenolic OH excluding ortho intramolecular Hbond substituents is 1. The van der Waals surface area contributed by atoms with E-state index in [1.807, 2.05) is 0 Å². The Balaban J connectivity index is 3.22. The molecule has 1 N–H and O–H groups in total. The first-order chi connectivity index (χ1) is 7.10. The van der Waals surface area contributed by atoms with E-state index in [9.17, 15) is 9.90 Å². The first-order valence-electron chi connectivity index (χ1n) is 4.30. The van der Waals surface area contributed by atoms with E-state index in [2.05, 4.69) is 11.3 Å². The van der Waals surface area contributed by atoms with Gasteiger partial charge in [-0.25, -0.2) is 4.79 Å². The first-order valence-corrected chi connectivity index (χ1v) is 4.68. The number of aromatic hydroxyl groups is 1. The van der Waals surface area contributed by atoms with Gasteiger partial charge in [0, 0.05) is 5.56 Å². The fourth-order valence-electron chi connectivity index (χ4n) is 1.20. The number of hydrogen-bond donors (Lipinski definition) is 1. The first kappa shape index (κ1) is 11.6. The van der Waals surface area contributed by atoms with Gasteiger partial charge in [-0.3, -0.25) is 0 Å². The summed E-state index contributed by atoms with van der Waals surface area (Å²) in [4.78, 5) is 11.2. The van der Waals surface area contributed by atoms with Gasteiger partial charge in [0.1, 0.15) is 5.75 Å².